The first-order chi connectivity index (χ1) is 12.2. The summed E-state index contributed by atoms with van der Waals surface area (Å²) in [6, 6.07) is 5.93. The molecule has 4 heterocycles. The van der Waals surface area contributed by atoms with Crippen LogP contribution in [0.25, 0.3) is 5.65 Å². The molecule has 0 aromatic carbocycles. The first-order valence-corrected chi connectivity index (χ1v) is 8.30. The number of halogens is 2. The van der Waals surface area contributed by atoms with Gasteiger partial charge in [-0.05, 0) is 43.7 Å². The van der Waals surface area contributed by atoms with E-state index in [0.717, 1.165) is 25.1 Å². The monoisotopic (exact) mass is 344 g/mol. The van der Waals surface area contributed by atoms with Gasteiger partial charge in [-0.2, -0.15) is 0 Å². The van der Waals surface area contributed by atoms with Gasteiger partial charge in [-0.3, -0.25) is 4.90 Å². The van der Waals surface area contributed by atoms with Crippen molar-refractivity contribution in [2.45, 2.75) is 25.5 Å². The third-order valence-corrected chi connectivity index (χ3v) is 4.34. The summed E-state index contributed by atoms with van der Waals surface area (Å²) in [6.07, 6.45) is 6.81. The number of hydrogen-bond acceptors (Lipinski definition) is 4. The molecule has 7 heteroatoms. The van der Waals surface area contributed by atoms with Crippen molar-refractivity contribution in [1.82, 2.24) is 19.3 Å². The maximum absolute atomic E-state index is 13.8. The molecule has 1 aliphatic rings. The van der Waals surface area contributed by atoms with Crippen LogP contribution in [-0.2, 0) is 6.54 Å². The molecule has 5 nitrogen and oxygen atoms in total. The summed E-state index contributed by atoms with van der Waals surface area (Å²) in [5, 5.41) is 0. The van der Waals surface area contributed by atoms with E-state index < -0.39 is 5.82 Å². The molecular formula is C18H18F2N4O. The van der Waals surface area contributed by atoms with Crippen LogP contribution < -0.4 is 4.74 Å². The number of aromatic nitrogens is 3. The average molecular weight is 344 g/mol. The number of ether oxygens (including phenoxy) is 1. The minimum atomic E-state index is -0.449. The number of nitrogens with zero attached hydrogens (tertiary/aromatic N) is 4. The summed E-state index contributed by atoms with van der Waals surface area (Å²) in [4.78, 5) is 10.5. The van der Waals surface area contributed by atoms with E-state index in [9.17, 15) is 8.78 Å². The lowest BCUT2D eigenvalue weighted by Crippen LogP contribution is -2.40. The lowest BCUT2D eigenvalue weighted by atomic mass is 10.1. The van der Waals surface area contributed by atoms with Gasteiger partial charge in [-0.15, -0.1) is 0 Å². The summed E-state index contributed by atoms with van der Waals surface area (Å²) < 4.78 is 34.9. The number of pyridine rings is 2. The Morgan fingerprint density at radius 3 is 2.92 bits per heavy atom. The molecule has 3 aromatic heterocycles. The number of imidazole rings is 1. The highest BCUT2D eigenvalue weighted by Crippen LogP contribution is 2.20. The van der Waals surface area contributed by atoms with Crippen molar-refractivity contribution in [2.75, 3.05) is 13.1 Å². The van der Waals surface area contributed by atoms with Gasteiger partial charge in [-0.1, -0.05) is 0 Å². The van der Waals surface area contributed by atoms with E-state index in [1.807, 2.05) is 6.20 Å². The fourth-order valence-electron chi connectivity index (χ4n) is 3.20. The molecule has 1 atom stereocenters. The van der Waals surface area contributed by atoms with Crippen LogP contribution >= 0.6 is 0 Å². The van der Waals surface area contributed by atoms with Gasteiger partial charge in [0.25, 0.3) is 5.88 Å². The fraction of sp³-hybridized carbons (Fsp3) is 0.333. The Hall–Kier alpha value is -2.54. The van der Waals surface area contributed by atoms with E-state index in [0.29, 0.717) is 18.7 Å². The minimum Gasteiger partial charge on any atom is -0.471 e. The first kappa shape index (κ1) is 16.0. The van der Waals surface area contributed by atoms with Gasteiger partial charge >= 0.3 is 0 Å². The normalized spacial score (nSPS) is 18.6. The van der Waals surface area contributed by atoms with Gasteiger partial charge in [0.15, 0.2) is 17.3 Å². The van der Waals surface area contributed by atoms with Crippen LogP contribution in [-0.4, -0.2) is 38.5 Å². The van der Waals surface area contributed by atoms with Crippen LogP contribution in [0.4, 0.5) is 8.78 Å². The van der Waals surface area contributed by atoms with Crippen LogP contribution in [0.2, 0.25) is 0 Å². The summed E-state index contributed by atoms with van der Waals surface area (Å²) in [6.45, 7) is 2.17. The topological polar surface area (TPSA) is 42.7 Å². The highest BCUT2D eigenvalue weighted by Gasteiger charge is 2.23. The molecular weight excluding hydrogens is 326 g/mol. The molecule has 1 saturated heterocycles. The molecule has 0 amide bonds. The lowest BCUT2D eigenvalue weighted by Gasteiger charge is -2.32. The molecule has 1 aliphatic heterocycles. The summed E-state index contributed by atoms with van der Waals surface area (Å²) >= 11 is 0. The third-order valence-electron chi connectivity index (χ3n) is 4.34. The highest BCUT2D eigenvalue weighted by molar-refractivity contribution is 5.41. The molecule has 130 valence electrons. The zero-order valence-electron chi connectivity index (χ0n) is 13.6. The molecule has 0 spiro atoms. The SMILES string of the molecule is Fc1cccnc1OC1CCCN(Cc2cn3cccc(F)c3n2)C1. The van der Waals surface area contributed by atoms with Gasteiger partial charge in [0.1, 0.15) is 6.10 Å². The standard InChI is InChI=1S/C18H18F2N4O/c19-15-6-3-9-24-11-13(22-17(15)24)10-23-8-2-4-14(12-23)25-18-16(20)5-1-7-21-18/h1,3,5-7,9,11,14H,2,4,8,10,12H2. The molecule has 4 rings (SSSR count). The number of piperidine rings is 1. The lowest BCUT2D eigenvalue weighted by molar-refractivity contribution is 0.0769. The number of likely N-dealkylation sites (tertiary alicyclic amines) is 1. The molecule has 0 bridgehead atoms. The van der Waals surface area contributed by atoms with E-state index in [4.69, 9.17) is 4.74 Å². The van der Waals surface area contributed by atoms with E-state index in [-0.39, 0.29) is 17.8 Å². The molecule has 0 radical (unpaired) electrons. The van der Waals surface area contributed by atoms with Crippen molar-refractivity contribution in [3.05, 3.63) is 60.2 Å². The van der Waals surface area contributed by atoms with Gasteiger partial charge in [0.2, 0.25) is 0 Å². The second-order valence-electron chi connectivity index (χ2n) is 6.23. The second kappa shape index (κ2) is 6.76. The Kier molecular flexibility index (Phi) is 4.31. The van der Waals surface area contributed by atoms with Gasteiger partial charge < -0.3 is 9.14 Å². The first-order valence-electron chi connectivity index (χ1n) is 8.30. The Morgan fingerprint density at radius 2 is 2.08 bits per heavy atom. The quantitative estimate of drug-likeness (QED) is 0.730. The van der Waals surface area contributed by atoms with E-state index >= 15 is 0 Å². The van der Waals surface area contributed by atoms with Crippen molar-refractivity contribution in [3.63, 3.8) is 0 Å². The molecule has 0 saturated carbocycles. The Labute approximate surface area is 143 Å². The van der Waals surface area contributed by atoms with Crippen LogP contribution in [0.5, 0.6) is 5.88 Å². The van der Waals surface area contributed by atoms with E-state index in [2.05, 4.69) is 14.9 Å². The predicted octanol–water partition coefficient (Wildman–Crippen LogP) is 3.05. The number of fused-ring (bicyclic) bond motifs is 1. The average Bonchev–Trinajstić information content (AvgIpc) is 3.01. The van der Waals surface area contributed by atoms with Crippen molar-refractivity contribution < 1.29 is 13.5 Å². The maximum Gasteiger partial charge on any atom is 0.250 e. The van der Waals surface area contributed by atoms with Crippen molar-refractivity contribution in [1.29, 1.82) is 0 Å². The molecule has 0 aliphatic carbocycles. The second-order valence-corrected chi connectivity index (χ2v) is 6.23. The third kappa shape index (κ3) is 3.46. The number of rotatable bonds is 4. The highest BCUT2D eigenvalue weighted by atomic mass is 19.1. The predicted molar refractivity (Wildman–Crippen MR) is 88.3 cm³/mol. The van der Waals surface area contributed by atoms with Crippen LogP contribution in [0.3, 0.4) is 0 Å². The van der Waals surface area contributed by atoms with Crippen molar-refractivity contribution >= 4 is 5.65 Å². The smallest absolute Gasteiger partial charge is 0.250 e. The summed E-state index contributed by atoms with van der Waals surface area (Å²) in [5.41, 5.74) is 1.13. The van der Waals surface area contributed by atoms with Crippen molar-refractivity contribution in [3.8, 4) is 5.88 Å². The molecule has 0 N–H and O–H groups in total. The minimum absolute atomic E-state index is 0.0455. The Balaban J connectivity index is 1.44. The van der Waals surface area contributed by atoms with Crippen molar-refractivity contribution in [2.24, 2.45) is 0 Å². The molecule has 3 aromatic rings. The zero-order chi connectivity index (χ0) is 17.2. The van der Waals surface area contributed by atoms with Crippen LogP contribution in [0.15, 0.2) is 42.9 Å². The van der Waals surface area contributed by atoms with Crippen LogP contribution in [0.1, 0.15) is 18.5 Å². The molecule has 1 unspecified atom stereocenters. The van der Waals surface area contributed by atoms with Gasteiger partial charge in [-0.25, -0.2) is 18.7 Å². The Morgan fingerprint density at radius 1 is 1.20 bits per heavy atom. The fourth-order valence-corrected chi connectivity index (χ4v) is 3.20. The largest absolute Gasteiger partial charge is 0.471 e. The maximum atomic E-state index is 13.8. The van der Waals surface area contributed by atoms with Crippen LogP contribution in [0, 0.1) is 11.6 Å². The van der Waals surface area contributed by atoms with E-state index in [1.165, 1.54) is 24.4 Å². The zero-order valence-corrected chi connectivity index (χ0v) is 13.6. The summed E-state index contributed by atoms with van der Waals surface area (Å²) in [5.74, 6) is -0.737. The Bertz CT molecular complexity index is 882. The summed E-state index contributed by atoms with van der Waals surface area (Å²) in [7, 11) is 0. The van der Waals surface area contributed by atoms with Gasteiger partial charge in [0.05, 0.1) is 5.69 Å². The molecule has 25 heavy (non-hydrogen) atoms. The van der Waals surface area contributed by atoms with Gasteiger partial charge in [0, 0.05) is 31.7 Å². The molecule has 1 fully saturated rings. The number of hydrogen-bond donors (Lipinski definition) is 0. The van der Waals surface area contributed by atoms with E-state index in [1.54, 1.807) is 16.7 Å².